The molecule has 24 heavy (non-hydrogen) atoms. The fourth-order valence-corrected chi connectivity index (χ4v) is 2.52. The molecule has 125 valence electrons. The van der Waals surface area contributed by atoms with Crippen LogP contribution in [0.15, 0.2) is 42.5 Å². The molecule has 3 nitrogen and oxygen atoms in total. The largest absolute Gasteiger partial charge is 0.489 e. The number of rotatable bonds is 7. The molecule has 2 aromatic rings. The average Bonchev–Trinajstić information content (AvgIpc) is 2.57. The zero-order valence-corrected chi connectivity index (χ0v) is 15.1. The molecule has 0 bridgehead atoms. The average molecular weight is 343 g/mol. The molecule has 0 unspecified atom stereocenters. The van der Waals surface area contributed by atoms with Crippen LogP contribution in [0.2, 0.25) is 11.8 Å². The van der Waals surface area contributed by atoms with Gasteiger partial charge >= 0.3 is 0 Å². The van der Waals surface area contributed by atoms with Crippen LogP contribution in [0, 0.1) is 0 Å². The molecule has 0 aliphatic heterocycles. The van der Waals surface area contributed by atoms with Crippen molar-refractivity contribution in [1.29, 1.82) is 0 Å². The van der Waals surface area contributed by atoms with E-state index in [-0.39, 0.29) is 12.0 Å². The van der Waals surface area contributed by atoms with Crippen molar-refractivity contribution < 1.29 is 9.53 Å². The van der Waals surface area contributed by atoms with Gasteiger partial charge in [-0.25, -0.2) is 0 Å². The van der Waals surface area contributed by atoms with Gasteiger partial charge in [0.15, 0.2) is 0 Å². The van der Waals surface area contributed by atoms with Gasteiger partial charge in [0.2, 0.25) is 0 Å². The Morgan fingerprint density at radius 2 is 1.92 bits per heavy atom. The Labute approximate surface area is 149 Å². The normalized spacial score (nSPS) is 10.5. The number of hydrogen-bond donors (Lipinski definition) is 1. The molecule has 0 fully saturated rings. The molecule has 1 radical (unpaired) electrons. The number of halogens is 1. The van der Waals surface area contributed by atoms with Gasteiger partial charge in [-0.15, -0.1) is 0 Å². The fourth-order valence-electron chi connectivity index (χ4n) is 2.29. The maximum absolute atomic E-state index is 12.2. The third-order valence-corrected chi connectivity index (χ3v) is 3.86. The molecule has 0 aliphatic carbocycles. The van der Waals surface area contributed by atoms with Crippen LogP contribution in [-0.2, 0) is 6.42 Å². The SMILES string of the molecule is C[B]c1ccc(CCNC(=O)c2ccc(OC(C)C)c(Cl)c2)cc1. The fraction of sp³-hybridized carbons (Fsp3) is 0.316. The van der Waals surface area contributed by atoms with Crippen LogP contribution in [0.4, 0.5) is 0 Å². The Morgan fingerprint density at radius 1 is 1.21 bits per heavy atom. The van der Waals surface area contributed by atoms with Crippen LogP contribution in [0.25, 0.3) is 0 Å². The first kappa shape index (κ1) is 18.4. The topological polar surface area (TPSA) is 38.3 Å². The summed E-state index contributed by atoms with van der Waals surface area (Å²) in [4.78, 5) is 12.2. The van der Waals surface area contributed by atoms with Crippen LogP contribution in [0.3, 0.4) is 0 Å². The molecule has 2 rings (SSSR count). The first-order valence-electron chi connectivity index (χ1n) is 8.12. The van der Waals surface area contributed by atoms with Crippen molar-refractivity contribution in [2.45, 2.75) is 33.2 Å². The molecule has 0 heterocycles. The lowest BCUT2D eigenvalue weighted by Crippen LogP contribution is -2.25. The van der Waals surface area contributed by atoms with E-state index in [1.54, 1.807) is 18.2 Å². The predicted octanol–water partition coefficient (Wildman–Crippen LogP) is 3.48. The monoisotopic (exact) mass is 342 g/mol. The number of amides is 1. The molecular formula is C19H22BClNO2. The molecule has 0 spiro atoms. The summed E-state index contributed by atoms with van der Waals surface area (Å²) in [7, 11) is 2.06. The van der Waals surface area contributed by atoms with Gasteiger partial charge < -0.3 is 10.1 Å². The third-order valence-electron chi connectivity index (χ3n) is 3.57. The second kappa shape index (κ2) is 8.79. The van der Waals surface area contributed by atoms with E-state index in [2.05, 4.69) is 36.9 Å². The highest BCUT2D eigenvalue weighted by Gasteiger charge is 2.10. The number of nitrogens with one attached hydrogen (secondary N) is 1. The van der Waals surface area contributed by atoms with Crippen LogP contribution in [0.1, 0.15) is 29.8 Å². The highest BCUT2D eigenvalue weighted by molar-refractivity contribution is 6.51. The standard InChI is InChI=1S/C19H22BClNO2/c1-13(2)24-18-9-6-15(12-17(18)21)19(23)22-11-10-14-4-7-16(20-3)8-5-14/h4-9,12-13H,10-11H2,1-3H3,(H,22,23). The van der Waals surface area contributed by atoms with Crippen LogP contribution < -0.4 is 15.5 Å². The molecule has 0 saturated heterocycles. The summed E-state index contributed by atoms with van der Waals surface area (Å²) in [5.41, 5.74) is 2.92. The molecule has 2 aromatic carbocycles. The summed E-state index contributed by atoms with van der Waals surface area (Å²) < 4.78 is 5.57. The molecule has 0 atom stereocenters. The zero-order chi connectivity index (χ0) is 17.5. The lowest BCUT2D eigenvalue weighted by Gasteiger charge is -2.12. The van der Waals surface area contributed by atoms with Crippen molar-refractivity contribution in [2.75, 3.05) is 6.54 Å². The van der Waals surface area contributed by atoms with Crippen LogP contribution in [-0.4, -0.2) is 25.8 Å². The summed E-state index contributed by atoms with van der Waals surface area (Å²) in [6.07, 6.45) is 0.830. The zero-order valence-electron chi connectivity index (χ0n) is 14.3. The Morgan fingerprint density at radius 3 is 2.50 bits per heavy atom. The Hall–Kier alpha value is -1.94. The van der Waals surface area contributed by atoms with Crippen molar-refractivity contribution in [3.05, 3.63) is 58.6 Å². The third kappa shape index (κ3) is 5.31. The highest BCUT2D eigenvalue weighted by atomic mass is 35.5. The minimum atomic E-state index is -0.133. The van der Waals surface area contributed by atoms with Gasteiger partial charge in [0, 0.05) is 12.1 Å². The number of carbonyl (C=O) groups excluding carboxylic acids is 1. The Bertz CT molecular complexity index is 686. The smallest absolute Gasteiger partial charge is 0.251 e. The minimum absolute atomic E-state index is 0.0406. The van der Waals surface area contributed by atoms with Crippen molar-refractivity contribution >= 4 is 30.3 Å². The maximum Gasteiger partial charge on any atom is 0.251 e. The Kier molecular flexibility index (Phi) is 6.74. The maximum atomic E-state index is 12.2. The van der Waals surface area contributed by atoms with Crippen LogP contribution >= 0.6 is 11.6 Å². The van der Waals surface area contributed by atoms with E-state index >= 15 is 0 Å². The molecule has 5 heteroatoms. The second-order valence-corrected chi connectivity index (χ2v) is 6.26. The van der Waals surface area contributed by atoms with Gasteiger partial charge in [0.25, 0.3) is 5.91 Å². The lowest BCUT2D eigenvalue weighted by molar-refractivity contribution is 0.0954. The van der Waals surface area contributed by atoms with Crippen molar-refractivity contribution in [2.24, 2.45) is 0 Å². The minimum Gasteiger partial charge on any atom is -0.489 e. The number of carbonyl (C=O) groups is 1. The summed E-state index contributed by atoms with van der Waals surface area (Å²) in [5, 5.41) is 3.36. The lowest BCUT2D eigenvalue weighted by atomic mass is 9.73. The van der Waals surface area contributed by atoms with E-state index in [9.17, 15) is 4.79 Å². The van der Waals surface area contributed by atoms with E-state index in [0.717, 1.165) is 6.42 Å². The van der Waals surface area contributed by atoms with E-state index in [1.807, 2.05) is 20.7 Å². The van der Waals surface area contributed by atoms with Crippen molar-refractivity contribution in [3.63, 3.8) is 0 Å². The number of hydrogen-bond acceptors (Lipinski definition) is 2. The number of ether oxygens (including phenoxy) is 1. The molecule has 0 saturated carbocycles. The van der Waals surface area contributed by atoms with Gasteiger partial charge in [-0.3, -0.25) is 4.79 Å². The van der Waals surface area contributed by atoms with Gasteiger partial charge in [-0.2, -0.15) is 0 Å². The van der Waals surface area contributed by atoms with Gasteiger partial charge in [-0.1, -0.05) is 48.2 Å². The summed E-state index contributed by atoms with van der Waals surface area (Å²) >= 11 is 6.17. The van der Waals surface area contributed by atoms with E-state index < -0.39 is 0 Å². The van der Waals surface area contributed by atoms with Gasteiger partial charge in [0.1, 0.15) is 13.0 Å². The first-order chi connectivity index (χ1) is 11.5. The summed E-state index contributed by atoms with van der Waals surface area (Å²) in [6.45, 7) is 6.46. The summed E-state index contributed by atoms with van der Waals surface area (Å²) in [6, 6.07) is 13.4. The highest BCUT2D eigenvalue weighted by Crippen LogP contribution is 2.26. The van der Waals surface area contributed by atoms with Crippen molar-refractivity contribution in [3.8, 4) is 5.75 Å². The van der Waals surface area contributed by atoms with Crippen LogP contribution in [0.5, 0.6) is 5.75 Å². The van der Waals surface area contributed by atoms with Gasteiger partial charge in [-0.05, 0) is 44.0 Å². The molecule has 0 aliphatic rings. The van der Waals surface area contributed by atoms with Crippen molar-refractivity contribution in [1.82, 2.24) is 5.32 Å². The van der Waals surface area contributed by atoms with E-state index in [0.29, 0.717) is 22.9 Å². The molecule has 1 N–H and O–H groups in total. The van der Waals surface area contributed by atoms with E-state index in [4.69, 9.17) is 16.3 Å². The quantitative estimate of drug-likeness (QED) is 0.782. The van der Waals surface area contributed by atoms with Gasteiger partial charge in [0.05, 0.1) is 11.1 Å². The molecule has 1 amide bonds. The molecular weight excluding hydrogens is 320 g/mol. The van der Waals surface area contributed by atoms with E-state index in [1.165, 1.54) is 11.0 Å². The number of benzene rings is 2. The summed E-state index contributed by atoms with van der Waals surface area (Å²) in [5.74, 6) is 0.461. The second-order valence-electron chi connectivity index (χ2n) is 5.85. The Balaban J connectivity index is 1.88. The first-order valence-corrected chi connectivity index (χ1v) is 8.50. The molecule has 0 aromatic heterocycles. The predicted molar refractivity (Wildman–Crippen MR) is 101 cm³/mol.